The molecule has 1 fully saturated rings. The molecule has 3 rings (SSSR count). The molecule has 0 spiro atoms. The van der Waals surface area contributed by atoms with Crippen LogP contribution in [0.25, 0.3) is 0 Å². The molecule has 9 heteroatoms. The highest BCUT2D eigenvalue weighted by atomic mass is 16.5. The monoisotopic (exact) mass is 412 g/mol. The molecule has 3 amide bonds. The molecule has 0 bridgehead atoms. The first-order valence-electron chi connectivity index (χ1n) is 9.50. The second-order valence-electron chi connectivity index (χ2n) is 6.88. The maximum atomic E-state index is 12.7. The van der Waals surface area contributed by atoms with E-state index in [-0.39, 0.29) is 31.2 Å². The van der Waals surface area contributed by atoms with E-state index in [0.717, 1.165) is 5.56 Å². The van der Waals surface area contributed by atoms with Gasteiger partial charge in [-0.3, -0.25) is 4.79 Å². The molecular weight excluding hydrogens is 388 g/mol. The highest BCUT2D eigenvalue weighted by molar-refractivity contribution is 5.85. The van der Waals surface area contributed by atoms with E-state index in [0.29, 0.717) is 12.4 Å². The third-order valence-corrected chi connectivity index (χ3v) is 4.68. The Morgan fingerprint density at radius 1 is 1.07 bits per heavy atom. The quantitative estimate of drug-likeness (QED) is 0.454. The Morgan fingerprint density at radius 3 is 2.50 bits per heavy atom. The van der Waals surface area contributed by atoms with Crippen LogP contribution >= 0.6 is 0 Å². The van der Waals surface area contributed by atoms with Gasteiger partial charge in [-0.15, -0.1) is 0 Å². The molecule has 0 radical (unpaired) electrons. The van der Waals surface area contributed by atoms with Crippen molar-refractivity contribution in [3.63, 3.8) is 0 Å². The van der Waals surface area contributed by atoms with Crippen molar-refractivity contribution in [3.8, 4) is 11.5 Å². The molecular formula is C21H24N4O5. The number of esters is 1. The Bertz CT molecular complexity index is 905. The zero-order chi connectivity index (χ0) is 21.5. The smallest absolute Gasteiger partial charge is 0.334 e. The molecule has 1 heterocycles. The number of carbonyl (C=O) groups is 3. The van der Waals surface area contributed by atoms with Gasteiger partial charge in [0.05, 0.1) is 6.54 Å². The fourth-order valence-corrected chi connectivity index (χ4v) is 3.25. The van der Waals surface area contributed by atoms with Crippen LogP contribution < -0.4 is 26.3 Å². The second-order valence-corrected chi connectivity index (χ2v) is 6.88. The molecule has 0 aromatic heterocycles. The number of nitrogens with zero attached hydrogens (tertiary/aromatic N) is 1. The SMILES string of the molecule is NCC(=O)NC1C[C@@H](C(=O)Oc2cccc(OCc3ccccc3)c2)N(C(N)=O)C1. The lowest BCUT2D eigenvalue weighted by Crippen LogP contribution is -2.45. The Kier molecular flexibility index (Phi) is 6.87. The number of nitrogens with two attached hydrogens (primary N) is 2. The van der Waals surface area contributed by atoms with Crippen molar-refractivity contribution >= 4 is 17.9 Å². The van der Waals surface area contributed by atoms with Gasteiger partial charge in [0.1, 0.15) is 24.1 Å². The maximum Gasteiger partial charge on any atom is 0.334 e. The summed E-state index contributed by atoms with van der Waals surface area (Å²) < 4.78 is 11.2. The summed E-state index contributed by atoms with van der Waals surface area (Å²) in [4.78, 5) is 37.1. The number of nitrogens with one attached hydrogen (secondary N) is 1. The van der Waals surface area contributed by atoms with Gasteiger partial charge in [-0.1, -0.05) is 36.4 Å². The lowest BCUT2D eigenvalue weighted by molar-refractivity contribution is -0.138. The predicted molar refractivity (Wildman–Crippen MR) is 109 cm³/mol. The summed E-state index contributed by atoms with van der Waals surface area (Å²) in [6, 6.07) is 14.2. The van der Waals surface area contributed by atoms with E-state index in [2.05, 4.69) is 5.32 Å². The maximum absolute atomic E-state index is 12.7. The molecule has 2 aromatic carbocycles. The molecule has 5 N–H and O–H groups in total. The number of hydrogen-bond donors (Lipinski definition) is 3. The number of rotatable bonds is 7. The van der Waals surface area contributed by atoms with E-state index in [4.69, 9.17) is 20.9 Å². The van der Waals surface area contributed by atoms with Crippen LogP contribution in [-0.2, 0) is 16.2 Å². The summed E-state index contributed by atoms with van der Waals surface area (Å²) in [5.41, 5.74) is 11.7. The van der Waals surface area contributed by atoms with Crippen LogP contribution in [0.4, 0.5) is 4.79 Å². The predicted octanol–water partition coefficient (Wildman–Crippen LogP) is 0.767. The van der Waals surface area contributed by atoms with Gasteiger partial charge in [-0.05, 0) is 17.7 Å². The normalized spacial score (nSPS) is 18.0. The van der Waals surface area contributed by atoms with E-state index >= 15 is 0 Å². The number of primary amides is 1. The van der Waals surface area contributed by atoms with Crippen LogP contribution in [0.15, 0.2) is 54.6 Å². The number of likely N-dealkylation sites (tertiary alicyclic amines) is 1. The van der Waals surface area contributed by atoms with Crippen molar-refractivity contribution in [3.05, 3.63) is 60.2 Å². The first kappa shape index (κ1) is 21.1. The van der Waals surface area contributed by atoms with Crippen LogP contribution in [0.2, 0.25) is 0 Å². The van der Waals surface area contributed by atoms with E-state index < -0.39 is 24.1 Å². The molecule has 9 nitrogen and oxygen atoms in total. The Balaban J connectivity index is 1.62. The summed E-state index contributed by atoms with van der Waals surface area (Å²) in [7, 11) is 0. The Morgan fingerprint density at radius 2 is 1.80 bits per heavy atom. The van der Waals surface area contributed by atoms with E-state index in [1.54, 1.807) is 24.3 Å². The average Bonchev–Trinajstić information content (AvgIpc) is 3.17. The summed E-state index contributed by atoms with van der Waals surface area (Å²) in [6.07, 6.45) is 0.192. The number of amides is 3. The van der Waals surface area contributed by atoms with Crippen LogP contribution in [0, 0.1) is 0 Å². The number of carbonyl (C=O) groups excluding carboxylic acids is 3. The zero-order valence-electron chi connectivity index (χ0n) is 16.3. The molecule has 30 heavy (non-hydrogen) atoms. The lowest BCUT2D eigenvalue weighted by Gasteiger charge is -2.20. The van der Waals surface area contributed by atoms with Crippen LogP contribution in [-0.4, -0.2) is 48.0 Å². The van der Waals surface area contributed by atoms with E-state index in [9.17, 15) is 14.4 Å². The zero-order valence-corrected chi connectivity index (χ0v) is 16.3. The molecule has 1 aliphatic heterocycles. The standard InChI is InChI=1S/C21H24N4O5/c22-11-19(26)24-15-9-18(25(12-15)21(23)28)20(27)30-17-8-4-7-16(10-17)29-13-14-5-2-1-3-6-14/h1-8,10,15,18H,9,11-13,22H2,(H2,23,28)(H,24,26)/t15?,18-/m0/s1. The fourth-order valence-electron chi connectivity index (χ4n) is 3.25. The van der Waals surface area contributed by atoms with Crippen molar-refractivity contribution in [1.82, 2.24) is 10.2 Å². The van der Waals surface area contributed by atoms with E-state index in [1.807, 2.05) is 30.3 Å². The number of ether oxygens (including phenoxy) is 2. The summed E-state index contributed by atoms with van der Waals surface area (Å²) in [6.45, 7) is 0.303. The molecule has 1 unspecified atom stereocenters. The summed E-state index contributed by atoms with van der Waals surface area (Å²) in [5, 5.41) is 2.66. The van der Waals surface area contributed by atoms with Gasteiger partial charge in [-0.2, -0.15) is 0 Å². The molecule has 1 saturated heterocycles. The van der Waals surface area contributed by atoms with Gasteiger partial charge in [0, 0.05) is 25.1 Å². The van der Waals surface area contributed by atoms with Gasteiger partial charge in [0.25, 0.3) is 0 Å². The summed E-state index contributed by atoms with van der Waals surface area (Å²) in [5.74, 6) is -0.194. The number of hydrogen-bond acceptors (Lipinski definition) is 6. The van der Waals surface area contributed by atoms with Gasteiger partial charge in [-0.25, -0.2) is 9.59 Å². The minimum atomic E-state index is -0.903. The van der Waals surface area contributed by atoms with Gasteiger partial charge in [0.2, 0.25) is 5.91 Å². The first-order chi connectivity index (χ1) is 14.5. The fraction of sp³-hybridized carbons (Fsp3) is 0.286. The van der Waals surface area contributed by atoms with Crippen LogP contribution in [0.1, 0.15) is 12.0 Å². The third-order valence-electron chi connectivity index (χ3n) is 4.68. The minimum absolute atomic E-state index is 0.112. The van der Waals surface area contributed by atoms with E-state index in [1.165, 1.54) is 4.90 Å². The van der Waals surface area contributed by atoms with Gasteiger partial charge >= 0.3 is 12.0 Å². The molecule has 158 valence electrons. The van der Waals surface area contributed by atoms with Crippen molar-refractivity contribution in [2.45, 2.75) is 25.1 Å². The number of benzene rings is 2. The van der Waals surface area contributed by atoms with Crippen molar-refractivity contribution < 1.29 is 23.9 Å². The van der Waals surface area contributed by atoms with Crippen LogP contribution in [0.5, 0.6) is 11.5 Å². The summed E-state index contributed by atoms with van der Waals surface area (Å²) >= 11 is 0. The second kappa shape index (κ2) is 9.75. The number of urea groups is 1. The van der Waals surface area contributed by atoms with Crippen molar-refractivity contribution in [1.29, 1.82) is 0 Å². The molecule has 2 aromatic rings. The van der Waals surface area contributed by atoms with Gasteiger partial charge < -0.3 is 31.2 Å². The third kappa shape index (κ3) is 5.48. The Labute approximate surface area is 173 Å². The van der Waals surface area contributed by atoms with Crippen LogP contribution in [0.3, 0.4) is 0 Å². The topological polar surface area (TPSA) is 137 Å². The molecule has 0 saturated carbocycles. The highest BCUT2D eigenvalue weighted by Gasteiger charge is 2.40. The lowest BCUT2D eigenvalue weighted by atomic mass is 10.1. The van der Waals surface area contributed by atoms with Crippen molar-refractivity contribution in [2.75, 3.05) is 13.1 Å². The molecule has 0 aliphatic carbocycles. The highest BCUT2D eigenvalue weighted by Crippen LogP contribution is 2.24. The molecule has 1 aliphatic rings. The first-order valence-corrected chi connectivity index (χ1v) is 9.50. The minimum Gasteiger partial charge on any atom is -0.489 e. The molecule has 2 atom stereocenters. The largest absolute Gasteiger partial charge is 0.489 e. The van der Waals surface area contributed by atoms with Crippen molar-refractivity contribution in [2.24, 2.45) is 11.5 Å². The average molecular weight is 412 g/mol. The van der Waals surface area contributed by atoms with Gasteiger partial charge in [0.15, 0.2) is 0 Å². The Hall–Kier alpha value is -3.59.